The van der Waals surface area contributed by atoms with Crippen LogP contribution in [0.2, 0.25) is 0 Å². The van der Waals surface area contributed by atoms with Crippen LogP contribution in [0, 0.1) is 5.92 Å². The fraction of sp³-hybridized carbons (Fsp3) is 0.423. The van der Waals surface area contributed by atoms with Crippen molar-refractivity contribution >= 4 is 18.0 Å². The summed E-state index contributed by atoms with van der Waals surface area (Å²) in [5.41, 5.74) is 3.23. The zero-order valence-electron chi connectivity index (χ0n) is 19.0. The maximum atomic E-state index is 12.9. The number of carboxylic acids is 1. The standard InChI is InChI=1S/C26H30N2O5/c1-16(2)22(23(29)28-26(24(30)31)13-7-8-14-26)27-25(32)33-15-21-19-11-5-3-9-17(19)18-10-4-6-12-20(18)21/h3-6,9-12,16,21-22H,7-8,13-15H2,1-2H3,(H,27,32)(H,28,29)(H,30,31). The van der Waals surface area contributed by atoms with Gasteiger partial charge < -0.3 is 20.5 Å². The number of ether oxygens (including phenoxy) is 1. The van der Waals surface area contributed by atoms with Crippen LogP contribution in [0.25, 0.3) is 11.1 Å². The number of benzene rings is 2. The van der Waals surface area contributed by atoms with Gasteiger partial charge >= 0.3 is 12.1 Å². The molecule has 4 rings (SSSR count). The Morgan fingerprint density at radius 3 is 2.06 bits per heavy atom. The fourth-order valence-electron chi connectivity index (χ4n) is 4.99. The lowest BCUT2D eigenvalue weighted by atomic mass is 9.95. The quantitative estimate of drug-likeness (QED) is 0.590. The molecule has 7 heteroatoms. The van der Waals surface area contributed by atoms with Gasteiger partial charge in [0.25, 0.3) is 0 Å². The molecule has 2 aromatic rings. The normalized spacial score (nSPS) is 17.2. The fourth-order valence-corrected chi connectivity index (χ4v) is 4.99. The Bertz CT molecular complexity index is 1010. The lowest BCUT2D eigenvalue weighted by Gasteiger charge is -2.29. The molecule has 0 aromatic heterocycles. The van der Waals surface area contributed by atoms with Gasteiger partial charge in [0.2, 0.25) is 5.91 Å². The minimum Gasteiger partial charge on any atom is -0.480 e. The molecule has 33 heavy (non-hydrogen) atoms. The SMILES string of the molecule is CC(C)C(NC(=O)OCC1c2ccccc2-c2ccccc21)C(=O)NC1(C(=O)O)CCCC1. The molecular formula is C26H30N2O5. The summed E-state index contributed by atoms with van der Waals surface area (Å²) in [5.74, 6) is -1.85. The van der Waals surface area contributed by atoms with Gasteiger partial charge in [-0.1, -0.05) is 75.2 Å². The minimum atomic E-state index is -1.26. The first-order chi connectivity index (χ1) is 15.8. The first kappa shape index (κ1) is 22.8. The molecule has 0 saturated heterocycles. The number of alkyl carbamates (subject to hydrolysis) is 1. The van der Waals surface area contributed by atoms with Gasteiger partial charge in [-0.15, -0.1) is 0 Å². The number of amides is 2. The van der Waals surface area contributed by atoms with E-state index in [9.17, 15) is 19.5 Å². The van der Waals surface area contributed by atoms with Crippen LogP contribution in [0.5, 0.6) is 0 Å². The number of carboxylic acid groups (broad SMARTS) is 1. The second-order valence-electron chi connectivity index (χ2n) is 9.28. The van der Waals surface area contributed by atoms with Crippen LogP contribution in [0.1, 0.15) is 56.6 Å². The van der Waals surface area contributed by atoms with Crippen molar-refractivity contribution in [2.75, 3.05) is 6.61 Å². The maximum Gasteiger partial charge on any atom is 0.407 e. The highest BCUT2D eigenvalue weighted by atomic mass is 16.5. The summed E-state index contributed by atoms with van der Waals surface area (Å²) in [6.45, 7) is 3.75. The topological polar surface area (TPSA) is 105 Å². The van der Waals surface area contributed by atoms with Crippen LogP contribution in [0.15, 0.2) is 48.5 Å². The lowest BCUT2D eigenvalue weighted by molar-refractivity contribution is -0.147. The number of rotatable bonds is 7. The highest BCUT2D eigenvalue weighted by molar-refractivity contribution is 5.91. The third-order valence-electron chi connectivity index (χ3n) is 6.80. The Hall–Kier alpha value is -3.35. The summed E-state index contributed by atoms with van der Waals surface area (Å²) < 4.78 is 5.57. The van der Waals surface area contributed by atoms with E-state index in [2.05, 4.69) is 22.8 Å². The van der Waals surface area contributed by atoms with Gasteiger partial charge in [0.1, 0.15) is 18.2 Å². The molecule has 2 aliphatic rings. The first-order valence-electron chi connectivity index (χ1n) is 11.5. The van der Waals surface area contributed by atoms with Crippen molar-refractivity contribution in [1.82, 2.24) is 10.6 Å². The van der Waals surface area contributed by atoms with Gasteiger partial charge in [-0.2, -0.15) is 0 Å². The van der Waals surface area contributed by atoms with Crippen molar-refractivity contribution < 1.29 is 24.2 Å². The minimum absolute atomic E-state index is 0.0803. The van der Waals surface area contributed by atoms with Gasteiger partial charge in [0.05, 0.1) is 0 Å². The molecule has 0 radical (unpaired) electrons. The smallest absolute Gasteiger partial charge is 0.407 e. The molecule has 0 heterocycles. The molecule has 0 bridgehead atoms. The van der Waals surface area contributed by atoms with E-state index in [1.165, 1.54) is 0 Å². The number of aliphatic carboxylic acids is 1. The van der Waals surface area contributed by atoms with E-state index < -0.39 is 29.6 Å². The predicted octanol–water partition coefficient (Wildman–Crippen LogP) is 4.06. The van der Waals surface area contributed by atoms with E-state index in [0.717, 1.165) is 35.1 Å². The summed E-state index contributed by atoms with van der Waals surface area (Å²) in [4.78, 5) is 37.4. The number of nitrogens with one attached hydrogen (secondary N) is 2. The molecule has 0 aliphatic heterocycles. The largest absolute Gasteiger partial charge is 0.480 e. The summed E-state index contributed by atoms with van der Waals surface area (Å²) in [6.07, 6.45) is 1.59. The molecular weight excluding hydrogens is 420 g/mol. The van der Waals surface area contributed by atoms with Gasteiger partial charge in [-0.3, -0.25) is 4.79 Å². The second-order valence-corrected chi connectivity index (χ2v) is 9.28. The van der Waals surface area contributed by atoms with Crippen LogP contribution in [0.4, 0.5) is 4.79 Å². The third-order valence-corrected chi connectivity index (χ3v) is 6.80. The van der Waals surface area contributed by atoms with Crippen molar-refractivity contribution in [3.8, 4) is 11.1 Å². The zero-order valence-corrected chi connectivity index (χ0v) is 19.0. The summed E-state index contributed by atoms with van der Waals surface area (Å²) >= 11 is 0. The molecule has 1 saturated carbocycles. The van der Waals surface area contributed by atoms with Gasteiger partial charge in [-0.25, -0.2) is 9.59 Å². The van der Waals surface area contributed by atoms with Crippen molar-refractivity contribution in [3.05, 3.63) is 59.7 Å². The van der Waals surface area contributed by atoms with Crippen LogP contribution in [-0.4, -0.2) is 41.3 Å². The van der Waals surface area contributed by atoms with Crippen LogP contribution in [-0.2, 0) is 14.3 Å². The highest BCUT2D eigenvalue weighted by Gasteiger charge is 2.44. The van der Waals surface area contributed by atoms with Crippen LogP contribution >= 0.6 is 0 Å². The van der Waals surface area contributed by atoms with Crippen molar-refractivity contribution in [3.63, 3.8) is 0 Å². The molecule has 0 spiro atoms. The third kappa shape index (κ3) is 4.45. The first-order valence-corrected chi connectivity index (χ1v) is 11.5. The zero-order chi connectivity index (χ0) is 23.6. The van der Waals surface area contributed by atoms with Crippen molar-refractivity contribution in [2.45, 2.75) is 57.0 Å². The van der Waals surface area contributed by atoms with Gasteiger partial charge in [0, 0.05) is 5.92 Å². The summed E-state index contributed by atoms with van der Waals surface area (Å²) in [5, 5.41) is 15.0. The molecule has 2 amide bonds. The van der Waals surface area contributed by atoms with Crippen LogP contribution in [0.3, 0.4) is 0 Å². The summed E-state index contributed by atoms with van der Waals surface area (Å²) in [6, 6.07) is 15.2. The van der Waals surface area contributed by atoms with E-state index in [1.54, 1.807) is 13.8 Å². The van der Waals surface area contributed by atoms with Gasteiger partial charge in [0.15, 0.2) is 0 Å². The Morgan fingerprint density at radius 2 is 1.55 bits per heavy atom. The molecule has 174 valence electrons. The Morgan fingerprint density at radius 1 is 1.00 bits per heavy atom. The molecule has 1 atom stereocenters. The van der Waals surface area contributed by atoms with Crippen LogP contribution < -0.4 is 10.6 Å². The molecule has 2 aliphatic carbocycles. The van der Waals surface area contributed by atoms with E-state index in [-0.39, 0.29) is 18.4 Å². The summed E-state index contributed by atoms with van der Waals surface area (Å²) in [7, 11) is 0. The second kappa shape index (κ2) is 9.25. The van der Waals surface area contributed by atoms with E-state index >= 15 is 0 Å². The highest BCUT2D eigenvalue weighted by Crippen LogP contribution is 2.44. The number of hydrogen-bond donors (Lipinski definition) is 3. The molecule has 7 nitrogen and oxygen atoms in total. The number of carbonyl (C=O) groups is 3. The van der Waals surface area contributed by atoms with E-state index in [4.69, 9.17) is 4.74 Å². The lowest BCUT2D eigenvalue weighted by Crippen LogP contribution is -2.59. The van der Waals surface area contributed by atoms with Crippen molar-refractivity contribution in [2.24, 2.45) is 5.92 Å². The number of fused-ring (bicyclic) bond motifs is 3. The molecule has 3 N–H and O–H groups in total. The number of hydrogen-bond acceptors (Lipinski definition) is 4. The van der Waals surface area contributed by atoms with Crippen molar-refractivity contribution in [1.29, 1.82) is 0 Å². The maximum absolute atomic E-state index is 12.9. The van der Waals surface area contributed by atoms with E-state index in [1.807, 2.05) is 36.4 Å². The molecule has 1 fully saturated rings. The molecule has 1 unspecified atom stereocenters. The Labute approximate surface area is 193 Å². The predicted molar refractivity (Wildman–Crippen MR) is 124 cm³/mol. The Balaban J connectivity index is 1.42. The van der Waals surface area contributed by atoms with Gasteiger partial charge in [-0.05, 0) is 41.0 Å². The molecule has 2 aromatic carbocycles. The monoisotopic (exact) mass is 450 g/mol. The Kier molecular flexibility index (Phi) is 6.40. The van der Waals surface area contributed by atoms with E-state index in [0.29, 0.717) is 12.8 Å². The average Bonchev–Trinajstić information content (AvgIpc) is 3.39. The average molecular weight is 451 g/mol. The number of carbonyl (C=O) groups excluding carboxylic acids is 2.